The van der Waals surface area contributed by atoms with Gasteiger partial charge in [0.15, 0.2) is 4.87 Å². The predicted octanol–water partition coefficient (Wildman–Crippen LogP) is 5.27. The zero-order valence-electron chi connectivity index (χ0n) is 16.3. The lowest BCUT2D eigenvalue weighted by atomic mass is 9.85. The maximum absolute atomic E-state index is 14.5. The zero-order chi connectivity index (χ0) is 20.6. The number of benzene rings is 2. The number of hydrazone groups is 1. The van der Waals surface area contributed by atoms with Crippen LogP contribution in [0.1, 0.15) is 44.2 Å². The lowest BCUT2D eigenvalue weighted by molar-refractivity contribution is -0.134. The van der Waals surface area contributed by atoms with Gasteiger partial charge in [-0.3, -0.25) is 4.79 Å². The molecule has 4 nitrogen and oxygen atoms in total. The van der Waals surface area contributed by atoms with E-state index in [1.54, 1.807) is 0 Å². The van der Waals surface area contributed by atoms with Crippen LogP contribution in [0, 0.1) is 17.6 Å². The molecule has 0 fully saturated rings. The summed E-state index contributed by atoms with van der Waals surface area (Å²) in [5, 5.41) is 6.24. The molecule has 0 aromatic heterocycles. The third-order valence-corrected chi connectivity index (χ3v) is 6.92. The smallest absolute Gasteiger partial charge is 0.241 e. The molecule has 2 aliphatic rings. The van der Waals surface area contributed by atoms with Crippen molar-refractivity contribution in [3.63, 3.8) is 0 Å². The Hall–Kier alpha value is -2.41. The van der Waals surface area contributed by atoms with Crippen molar-refractivity contribution in [1.29, 1.82) is 0 Å². The Bertz CT molecular complexity index is 981. The summed E-state index contributed by atoms with van der Waals surface area (Å²) < 4.78 is 34.3. The highest BCUT2D eigenvalue weighted by Gasteiger charge is 2.56. The van der Waals surface area contributed by atoms with Crippen molar-refractivity contribution in [2.45, 2.75) is 38.0 Å². The van der Waals surface area contributed by atoms with Gasteiger partial charge in [-0.25, -0.2) is 13.8 Å². The molecule has 2 atom stereocenters. The molecule has 152 valence electrons. The molecule has 0 saturated carbocycles. The molecule has 1 amide bonds. The highest BCUT2D eigenvalue weighted by molar-refractivity contribution is 8.15. The summed E-state index contributed by atoms with van der Waals surface area (Å²) in [4.78, 5) is 11.8. The normalized spacial score (nSPS) is 23.0. The largest absolute Gasteiger partial charge is 0.493 e. The number of nitrogens with zero attached hydrogens (tertiary/aromatic N) is 2. The van der Waals surface area contributed by atoms with Crippen LogP contribution in [0.5, 0.6) is 5.75 Å². The fraction of sp³-hybridized carbons (Fsp3) is 0.364. The second-order valence-corrected chi connectivity index (χ2v) is 8.52. The van der Waals surface area contributed by atoms with Crippen molar-refractivity contribution < 1.29 is 18.3 Å². The molecule has 0 N–H and O–H groups in total. The van der Waals surface area contributed by atoms with Crippen LogP contribution >= 0.6 is 11.8 Å². The van der Waals surface area contributed by atoms with Crippen molar-refractivity contribution >= 4 is 22.7 Å². The predicted molar refractivity (Wildman–Crippen MR) is 110 cm³/mol. The Labute approximate surface area is 172 Å². The van der Waals surface area contributed by atoms with E-state index >= 15 is 0 Å². The fourth-order valence-corrected chi connectivity index (χ4v) is 5.59. The van der Waals surface area contributed by atoms with Crippen LogP contribution in [0.2, 0.25) is 0 Å². The highest BCUT2D eigenvalue weighted by Crippen LogP contribution is 2.57. The van der Waals surface area contributed by atoms with Gasteiger partial charge >= 0.3 is 0 Å². The SMILES string of the molecule is CCCCC1COc2ccccc2C12SC(c1cc(F)ccc1F)=NN2C(C)=O. The number of unbranched alkanes of at least 4 members (excludes halogenated alkanes) is 1. The molecule has 4 rings (SSSR count). The first-order chi connectivity index (χ1) is 14.0. The van der Waals surface area contributed by atoms with Crippen LogP contribution in [0.3, 0.4) is 0 Å². The molecule has 2 unspecified atom stereocenters. The van der Waals surface area contributed by atoms with Gasteiger partial charge in [-0.15, -0.1) is 0 Å². The monoisotopic (exact) mass is 416 g/mol. The first kappa shape index (κ1) is 19.9. The van der Waals surface area contributed by atoms with E-state index in [4.69, 9.17) is 4.74 Å². The van der Waals surface area contributed by atoms with Crippen molar-refractivity contribution in [3.8, 4) is 5.75 Å². The van der Waals surface area contributed by atoms with Gasteiger partial charge in [-0.2, -0.15) is 5.10 Å². The van der Waals surface area contributed by atoms with Gasteiger partial charge in [0.05, 0.1) is 6.61 Å². The number of hydrogen-bond donors (Lipinski definition) is 0. The number of para-hydroxylation sites is 1. The quantitative estimate of drug-likeness (QED) is 0.682. The maximum atomic E-state index is 14.5. The molecule has 1 spiro atoms. The summed E-state index contributed by atoms with van der Waals surface area (Å²) >= 11 is 1.32. The lowest BCUT2D eigenvalue weighted by Gasteiger charge is -2.45. The average molecular weight is 416 g/mol. The molecule has 0 radical (unpaired) electrons. The van der Waals surface area contributed by atoms with E-state index in [9.17, 15) is 13.6 Å². The number of hydrogen-bond acceptors (Lipinski definition) is 4. The summed E-state index contributed by atoms with van der Waals surface area (Å²) in [7, 11) is 0. The fourth-order valence-electron chi connectivity index (χ4n) is 4.02. The van der Waals surface area contributed by atoms with Crippen molar-refractivity contribution in [2.24, 2.45) is 11.0 Å². The molecular weight excluding hydrogens is 394 g/mol. The standard InChI is InChI=1S/C22H22F2N2O2S/c1-3-4-7-15-13-28-20-9-6-5-8-18(20)22(15)26(14(2)27)25-21(29-22)17-12-16(23)10-11-19(17)24/h5-6,8-12,15H,3-4,7,13H2,1-2H3. The number of rotatable bonds is 4. The minimum absolute atomic E-state index is 0.0379. The van der Waals surface area contributed by atoms with Gasteiger partial charge in [0, 0.05) is 24.0 Å². The Kier molecular flexibility index (Phi) is 5.34. The molecular formula is C22H22F2N2O2S. The summed E-state index contributed by atoms with van der Waals surface area (Å²) in [6, 6.07) is 10.9. The third kappa shape index (κ3) is 3.31. The molecule has 0 aliphatic carbocycles. The average Bonchev–Trinajstić information content (AvgIpc) is 3.11. The molecule has 0 saturated heterocycles. The molecule has 7 heteroatoms. The van der Waals surface area contributed by atoms with E-state index in [1.807, 2.05) is 24.3 Å². The summed E-state index contributed by atoms with van der Waals surface area (Å²) in [5.41, 5.74) is 0.902. The zero-order valence-corrected chi connectivity index (χ0v) is 17.1. The van der Waals surface area contributed by atoms with Crippen LogP contribution in [0.4, 0.5) is 8.78 Å². The minimum atomic E-state index is -0.843. The van der Waals surface area contributed by atoms with Gasteiger partial charge in [0.2, 0.25) is 5.91 Å². The van der Waals surface area contributed by atoms with Crippen LogP contribution in [0.15, 0.2) is 47.6 Å². The van der Waals surface area contributed by atoms with Gasteiger partial charge in [-0.1, -0.05) is 49.7 Å². The summed E-state index contributed by atoms with van der Waals surface area (Å²) in [5.74, 6) is -0.708. The van der Waals surface area contributed by atoms with Crippen molar-refractivity contribution in [2.75, 3.05) is 6.61 Å². The van der Waals surface area contributed by atoms with Crippen molar-refractivity contribution in [3.05, 3.63) is 65.2 Å². The number of carbonyl (C=O) groups is 1. The number of thioether (sulfide) groups is 1. The summed E-state index contributed by atoms with van der Waals surface area (Å²) in [6.07, 6.45) is 2.80. The molecule has 2 aromatic carbocycles. The number of fused-ring (bicyclic) bond motifs is 2. The lowest BCUT2D eigenvalue weighted by Crippen LogP contribution is -2.50. The Morgan fingerprint density at radius 2 is 2.10 bits per heavy atom. The van der Waals surface area contributed by atoms with Crippen LogP contribution < -0.4 is 4.74 Å². The Morgan fingerprint density at radius 3 is 2.86 bits per heavy atom. The Morgan fingerprint density at radius 1 is 1.31 bits per heavy atom. The van der Waals surface area contributed by atoms with Gasteiger partial charge < -0.3 is 4.74 Å². The van der Waals surface area contributed by atoms with Gasteiger partial charge in [0.25, 0.3) is 0 Å². The molecule has 2 aromatic rings. The summed E-state index contributed by atoms with van der Waals surface area (Å²) in [6.45, 7) is 3.99. The van der Waals surface area contributed by atoms with Crippen LogP contribution in [-0.2, 0) is 9.67 Å². The van der Waals surface area contributed by atoms with E-state index in [-0.39, 0.29) is 17.4 Å². The number of amides is 1. The van der Waals surface area contributed by atoms with E-state index in [0.717, 1.165) is 43.0 Å². The first-order valence-corrected chi connectivity index (χ1v) is 10.5. The molecule has 29 heavy (non-hydrogen) atoms. The molecule has 2 heterocycles. The number of carbonyl (C=O) groups excluding carboxylic acids is 1. The molecule has 2 aliphatic heterocycles. The van der Waals surface area contributed by atoms with Gasteiger partial charge in [-0.05, 0) is 30.7 Å². The first-order valence-electron chi connectivity index (χ1n) is 9.73. The Balaban J connectivity index is 1.87. The highest BCUT2D eigenvalue weighted by atomic mass is 32.2. The maximum Gasteiger partial charge on any atom is 0.241 e. The van der Waals surface area contributed by atoms with E-state index < -0.39 is 16.5 Å². The van der Waals surface area contributed by atoms with E-state index in [1.165, 1.54) is 23.7 Å². The second kappa shape index (κ2) is 7.78. The van der Waals surface area contributed by atoms with Gasteiger partial charge in [0.1, 0.15) is 22.4 Å². The van der Waals surface area contributed by atoms with Crippen LogP contribution in [-0.4, -0.2) is 22.6 Å². The number of halogens is 2. The van der Waals surface area contributed by atoms with E-state index in [0.29, 0.717) is 17.4 Å². The number of ether oxygens (including phenoxy) is 1. The second-order valence-electron chi connectivity index (χ2n) is 7.30. The minimum Gasteiger partial charge on any atom is -0.493 e. The molecule has 0 bridgehead atoms. The third-order valence-electron chi connectivity index (χ3n) is 5.39. The van der Waals surface area contributed by atoms with E-state index in [2.05, 4.69) is 12.0 Å². The van der Waals surface area contributed by atoms with Crippen molar-refractivity contribution in [1.82, 2.24) is 5.01 Å². The topological polar surface area (TPSA) is 41.9 Å². The van der Waals surface area contributed by atoms with Crippen LogP contribution in [0.25, 0.3) is 0 Å².